The Kier molecular flexibility index (Phi) is 11.3. The van der Waals surface area contributed by atoms with E-state index in [0.29, 0.717) is 12.1 Å². The van der Waals surface area contributed by atoms with Crippen molar-refractivity contribution in [3.8, 4) is 0 Å². The van der Waals surface area contributed by atoms with Gasteiger partial charge in [-0.1, -0.05) is 27.7 Å². The molecular weight excluding hydrogens is 264 g/mol. The van der Waals surface area contributed by atoms with Crippen LogP contribution in [0.5, 0.6) is 0 Å². The molecule has 0 amide bonds. The molecule has 0 saturated carbocycles. The van der Waals surface area contributed by atoms with E-state index < -0.39 is 0 Å². The predicted molar refractivity (Wildman–Crippen MR) is 90.8 cm³/mol. The summed E-state index contributed by atoms with van der Waals surface area (Å²) >= 11 is 0. The molecule has 0 rings (SSSR count). The van der Waals surface area contributed by atoms with Crippen LogP contribution in [0.2, 0.25) is 0 Å². The molecule has 0 bridgehead atoms. The van der Waals surface area contributed by atoms with Crippen LogP contribution in [-0.2, 0) is 4.74 Å². The van der Waals surface area contributed by atoms with E-state index in [4.69, 9.17) is 4.74 Å². The minimum atomic E-state index is -0.172. The quantitative estimate of drug-likeness (QED) is 0.549. The second-order valence-electron chi connectivity index (χ2n) is 6.62. The maximum Gasteiger partial charge on any atom is 0.0610 e. The Balaban J connectivity index is 4.38. The first-order chi connectivity index (χ1) is 9.92. The van der Waals surface area contributed by atoms with E-state index in [9.17, 15) is 5.11 Å². The van der Waals surface area contributed by atoms with E-state index in [2.05, 4.69) is 44.8 Å². The number of hydrogen-bond acceptors (Lipinski definition) is 4. The molecule has 0 aliphatic carbocycles. The third kappa shape index (κ3) is 8.77. The molecule has 4 heteroatoms. The van der Waals surface area contributed by atoms with Gasteiger partial charge in [-0.25, -0.2) is 0 Å². The standard InChI is InChI=1S/C17H38N2O2/c1-7-16(8-2)19(12-13-21-6)11-9-10-17(5,14-20)18-15(3)4/h15-16,18,20H,7-14H2,1-6H3. The lowest BCUT2D eigenvalue weighted by Gasteiger charge is -2.34. The molecule has 2 N–H and O–H groups in total. The molecular formula is C17H38N2O2. The van der Waals surface area contributed by atoms with Crippen molar-refractivity contribution in [3.63, 3.8) is 0 Å². The molecule has 21 heavy (non-hydrogen) atoms. The van der Waals surface area contributed by atoms with Crippen molar-refractivity contribution in [2.24, 2.45) is 0 Å². The highest BCUT2D eigenvalue weighted by molar-refractivity contribution is 4.84. The van der Waals surface area contributed by atoms with Gasteiger partial charge in [0.15, 0.2) is 0 Å². The van der Waals surface area contributed by atoms with Crippen LogP contribution >= 0.6 is 0 Å². The lowest BCUT2D eigenvalue weighted by Crippen LogP contribution is -2.49. The second kappa shape index (κ2) is 11.4. The van der Waals surface area contributed by atoms with E-state index in [1.165, 1.54) is 12.8 Å². The van der Waals surface area contributed by atoms with Crippen molar-refractivity contribution in [1.82, 2.24) is 10.2 Å². The zero-order valence-electron chi connectivity index (χ0n) is 15.1. The largest absolute Gasteiger partial charge is 0.394 e. The molecule has 0 aliphatic heterocycles. The van der Waals surface area contributed by atoms with Crippen molar-refractivity contribution in [3.05, 3.63) is 0 Å². The first kappa shape index (κ1) is 20.8. The van der Waals surface area contributed by atoms with Crippen LogP contribution in [0.15, 0.2) is 0 Å². The average Bonchev–Trinajstić information content (AvgIpc) is 2.44. The Morgan fingerprint density at radius 2 is 1.81 bits per heavy atom. The van der Waals surface area contributed by atoms with Crippen LogP contribution in [0.4, 0.5) is 0 Å². The summed E-state index contributed by atoms with van der Waals surface area (Å²) in [5, 5.41) is 13.1. The van der Waals surface area contributed by atoms with Crippen LogP contribution in [0.1, 0.15) is 60.3 Å². The van der Waals surface area contributed by atoms with Crippen LogP contribution in [0.25, 0.3) is 0 Å². The molecule has 0 heterocycles. The maximum atomic E-state index is 9.65. The molecule has 0 fully saturated rings. The number of nitrogens with one attached hydrogen (secondary N) is 1. The summed E-state index contributed by atoms with van der Waals surface area (Å²) in [5.41, 5.74) is -0.172. The van der Waals surface area contributed by atoms with E-state index in [-0.39, 0.29) is 12.1 Å². The topological polar surface area (TPSA) is 44.7 Å². The number of ether oxygens (including phenoxy) is 1. The van der Waals surface area contributed by atoms with Gasteiger partial charge in [0.1, 0.15) is 0 Å². The highest BCUT2D eigenvalue weighted by Gasteiger charge is 2.24. The van der Waals surface area contributed by atoms with Crippen molar-refractivity contribution in [1.29, 1.82) is 0 Å². The summed E-state index contributed by atoms with van der Waals surface area (Å²) in [6, 6.07) is 1.03. The molecule has 1 atom stereocenters. The first-order valence-electron chi connectivity index (χ1n) is 8.53. The summed E-state index contributed by atoms with van der Waals surface area (Å²) in [6.45, 7) is 13.9. The number of hydrogen-bond donors (Lipinski definition) is 2. The van der Waals surface area contributed by atoms with Crippen LogP contribution < -0.4 is 5.32 Å². The second-order valence-corrected chi connectivity index (χ2v) is 6.62. The van der Waals surface area contributed by atoms with Gasteiger partial charge in [-0.05, 0) is 39.2 Å². The highest BCUT2D eigenvalue weighted by atomic mass is 16.5. The van der Waals surface area contributed by atoms with Crippen molar-refractivity contribution < 1.29 is 9.84 Å². The van der Waals surface area contributed by atoms with Crippen molar-refractivity contribution in [2.75, 3.05) is 33.4 Å². The summed E-state index contributed by atoms with van der Waals surface area (Å²) in [6.07, 6.45) is 4.45. The van der Waals surface area contributed by atoms with Gasteiger partial charge in [-0.2, -0.15) is 0 Å². The zero-order valence-corrected chi connectivity index (χ0v) is 15.1. The number of aliphatic hydroxyl groups excluding tert-OH is 1. The third-order valence-electron chi connectivity index (χ3n) is 4.20. The summed E-state index contributed by atoms with van der Waals surface area (Å²) < 4.78 is 5.24. The fourth-order valence-corrected chi connectivity index (χ4v) is 3.06. The molecule has 0 aliphatic rings. The molecule has 1 unspecified atom stereocenters. The van der Waals surface area contributed by atoms with Gasteiger partial charge in [0.25, 0.3) is 0 Å². The van der Waals surface area contributed by atoms with Gasteiger partial charge in [-0.15, -0.1) is 0 Å². The normalized spacial score (nSPS) is 15.1. The first-order valence-corrected chi connectivity index (χ1v) is 8.53. The summed E-state index contributed by atoms with van der Waals surface area (Å²) in [5.74, 6) is 0. The molecule has 0 aromatic rings. The minimum Gasteiger partial charge on any atom is -0.394 e. The highest BCUT2D eigenvalue weighted by Crippen LogP contribution is 2.16. The molecule has 4 nitrogen and oxygen atoms in total. The summed E-state index contributed by atoms with van der Waals surface area (Å²) in [4.78, 5) is 2.54. The fraction of sp³-hybridized carbons (Fsp3) is 1.00. The lowest BCUT2D eigenvalue weighted by atomic mass is 9.95. The molecule has 0 radical (unpaired) electrons. The van der Waals surface area contributed by atoms with Gasteiger partial charge in [0.05, 0.1) is 13.2 Å². The maximum absolute atomic E-state index is 9.65. The van der Waals surface area contributed by atoms with E-state index in [1.807, 2.05) is 0 Å². The fourth-order valence-electron chi connectivity index (χ4n) is 3.06. The molecule has 0 aromatic heterocycles. The molecule has 0 spiro atoms. The van der Waals surface area contributed by atoms with Crippen LogP contribution in [-0.4, -0.2) is 61.0 Å². The van der Waals surface area contributed by atoms with Gasteiger partial charge >= 0.3 is 0 Å². The average molecular weight is 303 g/mol. The predicted octanol–water partition coefficient (Wildman–Crippen LogP) is 2.65. The molecule has 128 valence electrons. The lowest BCUT2D eigenvalue weighted by molar-refractivity contribution is 0.105. The Hall–Kier alpha value is -0.160. The van der Waals surface area contributed by atoms with Gasteiger partial charge in [0.2, 0.25) is 0 Å². The number of aliphatic hydroxyl groups is 1. The van der Waals surface area contributed by atoms with Gasteiger partial charge in [-0.3, -0.25) is 4.90 Å². The molecule has 0 aromatic carbocycles. The number of rotatable bonds is 13. The van der Waals surface area contributed by atoms with Gasteiger partial charge < -0.3 is 15.2 Å². The third-order valence-corrected chi connectivity index (χ3v) is 4.20. The Morgan fingerprint density at radius 1 is 1.19 bits per heavy atom. The SMILES string of the molecule is CCC(CC)N(CCCC(C)(CO)NC(C)C)CCOC. The zero-order chi connectivity index (χ0) is 16.3. The monoisotopic (exact) mass is 302 g/mol. The van der Waals surface area contributed by atoms with E-state index in [1.54, 1.807) is 7.11 Å². The van der Waals surface area contributed by atoms with Gasteiger partial charge in [0, 0.05) is 31.3 Å². The Bertz CT molecular complexity index is 245. The van der Waals surface area contributed by atoms with E-state index in [0.717, 1.165) is 32.5 Å². The summed E-state index contributed by atoms with van der Waals surface area (Å²) in [7, 11) is 1.76. The van der Waals surface area contributed by atoms with Crippen molar-refractivity contribution >= 4 is 0 Å². The minimum absolute atomic E-state index is 0.172. The smallest absolute Gasteiger partial charge is 0.0610 e. The molecule has 0 saturated heterocycles. The van der Waals surface area contributed by atoms with Crippen molar-refractivity contribution in [2.45, 2.75) is 77.9 Å². The number of methoxy groups -OCH3 is 1. The van der Waals surface area contributed by atoms with E-state index >= 15 is 0 Å². The Morgan fingerprint density at radius 3 is 2.24 bits per heavy atom. The van der Waals surface area contributed by atoms with Crippen LogP contribution in [0.3, 0.4) is 0 Å². The van der Waals surface area contributed by atoms with Crippen LogP contribution in [0, 0.1) is 0 Å². The number of nitrogens with zero attached hydrogens (tertiary/aromatic N) is 1. The Labute approximate surface area is 132 Å².